The molecule has 32 heavy (non-hydrogen) atoms. The van der Waals surface area contributed by atoms with Crippen LogP contribution in [0, 0.1) is 12.8 Å². The first-order valence-electron chi connectivity index (χ1n) is 11.0. The van der Waals surface area contributed by atoms with Crippen molar-refractivity contribution in [2.24, 2.45) is 10.9 Å². The van der Waals surface area contributed by atoms with Crippen LogP contribution in [0.5, 0.6) is 0 Å². The standard InChI is InChI=1S/C17H15NO.C8H12.C3H8N2/c1-12-15(13-8-4-2-5-9-13)16(19-17(12)18)14-10-6-3-7-11-14;1-2-8-6-4-3-5-7-8;1-4-3-5-2/h2-11H,18H2,1H3;3-6,8H,2,7H2,1H3;3H,1-2H3,(H,4,5). The van der Waals surface area contributed by atoms with E-state index in [0.29, 0.717) is 5.88 Å². The SMILES string of the molecule is CCC1C=CC=CC1.CN=CNC.Cc1c(N)oc(-c2ccccc2)c1-c1ccccc1. The van der Waals surface area contributed by atoms with Crippen LogP contribution in [0.25, 0.3) is 22.5 Å². The molecule has 4 nitrogen and oxygen atoms in total. The van der Waals surface area contributed by atoms with E-state index in [1.807, 2.05) is 62.5 Å². The quantitative estimate of drug-likeness (QED) is 0.350. The molecule has 4 rings (SSSR count). The maximum atomic E-state index is 5.95. The molecule has 1 aromatic heterocycles. The summed E-state index contributed by atoms with van der Waals surface area (Å²) in [6.45, 7) is 4.22. The number of allylic oxidation sites excluding steroid dienone is 4. The highest BCUT2D eigenvalue weighted by Crippen LogP contribution is 2.39. The number of nitrogens with zero attached hydrogens (tertiary/aromatic N) is 1. The number of hydrogen-bond acceptors (Lipinski definition) is 3. The van der Waals surface area contributed by atoms with Gasteiger partial charge in [0.2, 0.25) is 0 Å². The van der Waals surface area contributed by atoms with Crippen LogP contribution in [0.1, 0.15) is 25.3 Å². The van der Waals surface area contributed by atoms with Gasteiger partial charge in [-0.3, -0.25) is 4.99 Å². The van der Waals surface area contributed by atoms with Crippen LogP contribution in [0.2, 0.25) is 0 Å². The molecular formula is C28H35N3O. The number of benzene rings is 2. The molecule has 0 spiro atoms. The number of furan rings is 1. The first-order chi connectivity index (χ1) is 15.6. The minimum Gasteiger partial charge on any atom is -0.440 e. The van der Waals surface area contributed by atoms with Crippen molar-refractivity contribution in [1.29, 1.82) is 0 Å². The second-order valence-corrected chi connectivity index (χ2v) is 7.42. The summed E-state index contributed by atoms with van der Waals surface area (Å²) < 4.78 is 5.76. The van der Waals surface area contributed by atoms with E-state index in [4.69, 9.17) is 10.2 Å². The predicted octanol–water partition coefficient (Wildman–Crippen LogP) is 6.90. The zero-order valence-electron chi connectivity index (χ0n) is 19.6. The van der Waals surface area contributed by atoms with E-state index in [2.05, 4.69) is 53.7 Å². The van der Waals surface area contributed by atoms with E-state index in [1.165, 1.54) is 12.8 Å². The highest BCUT2D eigenvalue weighted by molar-refractivity contribution is 5.85. The Balaban J connectivity index is 0.000000231. The van der Waals surface area contributed by atoms with E-state index in [9.17, 15) is 0 Å². The molecule has 1 unspecified atom stereocenters. The first-order valence-corrected chi connectivity index (χ1v) is 11.0. The van der Waals surface area contributed by atoms with Gasteiger partial charge >= 0.3 is 0 Å². The number of nitrogens with two attached hydrogens (primary N) is 1. The van der Waals surface area contributed by atoms with Gasteiger partial charge < -0.3 is 15.5 Å². The molecule has 0 amide bonds. The fourth-order valence-electron chi connectivity index (χ4n) is 3.34. The number of hydrogen-bond donors (Lipinski definition) is 2. The Morgan fingerprint density at radius 1 is 1.03 bits per heavy atom. The van der Waals surface area contributed by atoms with Gasteiger partial charge in [0.1, 0.15) is 5.76 Å². The van der Waals surface area contributed by atoms with Gasteiger partial charge in [-0.25, -0.2) is 0 Å². The van der Waals surface area contributed by atoms with Crippen molar-refractivity contribution in [2.75, 3.05) is 19.8 Å². The Morgan fingerprint density at radius 3 is 2.09 bits per heavy atom. The molecule has 0 aliphatic heterocycles. The van der Waals surface area contributed by atoms with Crippen molar-refractivity contribution in [3.05, 3.63) is 90.5 Å². The summed E-state index contributed by atoms with van der Waals surface area (Å²) in [6, 6.07) is 20.2. The molecule has 1 aliphatic rings. The molecule has 0 saturated heterocycles. The zero-order chi connectivity index (χ0) is 23.2. The van der Waals surface area contributed by atoms with E-state index in [-0.39, 0.29) is 0 Å². The number of aliphatic imine (C=N–C) groups is 1. The van der Waals surface area contributed by atoms with E-state index in [0.717, 1.165) is 33.9 Å². The molecule has 1 atom stereocenters. The highest BCUT2D eigenvalue weighted by atomic mass is 16.4. The normalized spacial score (nSPS) is 14.3. The van der Waals surface area contributed by atoms with Crippen LogP contribution in [0.3, 0.4) is 0 Å². The molecule has 2 aromatic carbocycles. The molecule has 3 N–H and O–H groups in total. The van der Waals surface area contributed by atoms with Gasteiger partial charge in [0.25, 0.3) is 0 Å². The second-order valence-electron chi connectivity index (χ2n) is 7.42. The minimum atomic E-state index is 0.484. The molecule has 0 radical (unpaired) electrons. The molecule has 0 bridgehead atoms. The van der Waals surface area contributed by atoms with Crippen LogP contribution in [0.15, 0.2) is 94.4 Å². The van der Waals surface area contributed by atoms with Crippen molar-refractivity contribution in [3.63, 3.8) is 0 Å². The summed E-state index contributed by atoms with van der Waals surface area (Å²) in [6.07, 6.45) is 12.9. The van der Waals surface area contributed by atoms with Crippen LogP contribution in [-0.4, -0.2) is 20.4 Å². The van der Waals surface area contributed by atoms with E-state index >= 15 is 0 Å². The topological polar surface area (TPSA) is 63.5 Å². The van der Waals surface area contributed by atoms with Crippen molar-refractivity contribution in [2.45, 2.75) is 26.7 Å². The third-order valence-electron chi connectivity index (χ3n) is 5.13. The number of anilines is 1. The monoisotopic (exact) mass is 429 g/mol. The summed E-state index contributed by atoms with van der Waals surface area (Å²) in [7, 11) is 3.53. The third-order valence-corrected chi connectivity index (χ3v) is 5.13. The summed E-state index contributed by atoms with van der Waals surface area (Å²) in [4.78, 5) is 3.62. The van der Waals surface area contributed by atoms with Gasteiger partial charge in [-0.1, -0.05) is 91.9 Å². The number of nitrogens with one attached hydrogen (secondary N) is 1. The van der Waals surface area contributed by atoms with Gasteiger partial charge in [0.05, 0.1) is 6.34 Å². The van der Waals surface area contributed by atoms with Gasteiger partial charge in [-0.15, -0.1) is 0 Å². The molecule has 0 fully saturated rings. The fourth-order valence-corrected chi connectivity index (χ4v) is 3.34. The maximum absolute atomic E-state index is 5.95. The van der Waals surface area contributed by atoms with Crippen LogP contribution in [-0.2, 0) is 0 Å². The summed E-state index contributed by atoms with van der Waals surface area (Å²) in [5, 5.41) is 2.73. The Bertz CT molecular complexity index is 1000. The minimum absolute atomic E-state index is 0.484. The lowest BCUT2D eigenvalue weighted by atomic mass is 9.99. The molecule has 4 heteroatoms. The van der Waals surface area contributed by atoms with Crippen LogP contribution >= 0.6 is 0 Å². The fraction of sp³-hybridized carbons (Fsp3) is 0.250. The molecule has 3 aromatic rings. The lowest BCUT2D eigenvalue weighted by Gasteiger charge is -2.07. The lowest BCUT2D eigenvalue weighted by Crippen LogP contribution is -1.99. The highest BCUT2D eigenvalue weighted by Gasteiger charge is 2.17. The Kier molecular flexibility index (Phi) is 10.6. The average molecular weight is 430 g/mol. The van der Waals surface area contributed by atoms with Crippen molar-refractivity contribution < 1.29 is 4.42 Å². The molecular weight excluding hydrogens is 394 g/mol. The maximum Gasteiger partial charge on any atom is 0.194 e. The first kappa shape index (κ1) is 24.7. The smallest absolute Gasteiger partial charge is 0.194 e. The Labute approximate surface area is 192 Å². The van der Waals surface area contributed by atoms with E-state index in [1.54, 1.807) is 13.4 Å². The van der Waals surface area contributed by atoms with Crippen LogP contribution in [0.4, 0.5) is 5.88 Å². The van der Waals surface area contributed by atoms with Gasteiger partial charge in [0, 0.05) is 30.8 Å². The largest absolute Gasteiger partial charge is 0.440 e. The lowest BCUT2D eigenvalue weighted by molar-refractivity contribution is 0.602. The van der Waals surface area contributed by atoms with Crippen LogP contribution < -0.4 is 11.1 Å². The van der Waals surface area contributed by atoms with Gasteiger partial charge in [-0.05, 0) is 31.2 Å². The second kappa shape index (κ2) is 13.7. The predicted molar refractivity (Wildman–Crippen MR) is 139 cm³/mol. The molecule has 168 valence electrons. The summed E-state index contributed by atoms with van der Waals surface area (Å²) in [5.41, 5.74) is 10.2. The summed E-state index contributed by atoms with van der Waals surface area (Å²) >= 11 is 0. The number of nitrogen functional groups attached to an aromatic ring is 1. The van der Waals surface area contributed by atoms with Gasteiger partial charge in [0.15, 0.2) is 5.88 Å². The van der Waals surface area contributed by atoms with Gasteiger partial charge in [-0.2, -0.15) is 0 Å². The third kappa shape index (κ3) is 7.31. The Morgan fingerprint density at radius 2 is 1.66 bits per heavy atom. The zero-order valence-corrected chi connectivity index (χ0v) is 19.6. The molecule has 1 aliphatic carbocycles. The van der Waals surface area contributed by atoms with Crippen molar-refractivity contribution in [3.8, 4) is 22.5 Å². The molecule has 1 heterocycles. The van der Waals surface area contributed by atoms with E-state index < -0.39 is 0 Å². The van der Waals surface area contributed by atoms with Crippen molar-refractivity contribution >= 4 is 12.2 Å². The average Bonchev–Trinajstić information content (AvgIpc) is 3.16. The van der Waals surface area contributed by atoms with Crippen molar-refractivity contribution in [1.82, 2.24) is 5.32 Å². The summed E-state index contributed by atoms with van der Waals surface area (Å²) in [5.74, 6) is 2.14. The number of rotatable bonds is 4. The molecule has 0 saturated carbocycles. The Hall–Kier alpha value is -3.53.